The summed E-state index contributed by atoms with van der Waals surface area (Å²) in [4.78, 5) is 4.36. The average molecular weight is 340 g/mol. The van der Waals surface area contributed by atoms with E-state index in [2.05, 4.69) is 31.4 Å². The first kappa shape index (κ1) is 13.7. The Hall–Kier alpha value is -1.27. The number of rotatable bonds is 5. The molecule has 1 fully saturated rings. The smallest absolute Gasteiger partial charge is 0.228 e. The Balaban J connectivity index is 1.78. The van der Waals surface area contributed by atoms with Crippen LogP contribution in [0.4, 0.5) is 4.39 Å². The lowest BCUT2D eigenvalue weighted by atomic mass is 10.1. The molecule has 1 unspecified atom stereocenters. The third-order valence-electron chi connectivity index (χ3n) is 3.55. The fraction of sp³-hybridized carbons (Fsp3) is 0.429. The van der Waals surface area contributed by atoms with Crippen LogP contribution >= 0.6 is 15.9 Å². The van der Waals surface area contributed by atoms with Gasteiger partial charge in [-0.25, -0.2) is 4.39 Å². The number of hydrogen-bond donors (Lipinski definition) is 1. The molecule has 1 heterocycles. The van der Waals surface area contributed by atoms with Crippen LogP contribution in [0.25, 0.3) is 11.4 Å². The second kappa shape index (κ2) is 5.61. The van der Waals surface area contributed by atoms with E-state index in [1.807, 2.05) is 7.05 Å². The molecule has 0 saturated heterocycles. The first-order valence-electron chi connectivity index (χ1n) is 6.62. The van der Waals surface area contributed by atoms with Crippen molar-refractivity contribution in [1.82, 2.24) is 15.5 Å². The molecule has 106 valence electrons. The maximum atomic E-state index is 13.4. The minimum absolute atomic E-state index is 0.327. The predicted molar refractivity (Wildman–Crippen MR) is 76.7 cm³/mol. The first-order chi connectivity index (χ1) is 9.65. The zero-order valence-corrected chi connectivity index (χ0v) is 12.7. The van der Waals surface area contributed by atoms with E-state index in [1.54, 1.807) is 6.07 Å². The molecule has 4 nitrogen and oxygen atoms in total. The van der Waals surface area contributed by atoms with Gasteiger partial charge in [-0.1, -0.05) is 21.1 Å². The van der Waals surface area contributed by atoms with E-state index >= 15 is 0 Å². The molecule has 1 atom stereocenters. The summed E-state index contributed by atoms with van der Waals surface area (Å²) in [7, 11) is 1.95. The fourth-order valence-electron chi connectivity index (χ4n) is 2.33. The SMILES string of the molecule is CNC(Cc1nc(-c2cc(F)cc(Br)c2)no1)C1CC1. The molecular weight excluding hydrogens is 325 g/mol. The molecule has 20 heavy (non-hydrogen) atoms. The van der Waals surface area contributed by atoms with Crippen LogP contribution < -0.4 is 5.32 Å². The van der Waals surface area contributed by atoms with Crippen LogP contribution in [0, 0.1) is 11.7 Å². The van der Waals surface area contributed by atoms with Crippen molar-refractivity contribution in [3.8, 4) is 11.4 Å². The van der Waals surface area contributed by atoms with Crippen LogP contribution in [0.3, 0.4) is 0 Å². The Morgan fingerprint density at radius 3 is 2.90 bits per heavy atom. The Morgan fingerprint density at radius 2 is 2.25 bits per heavy atom. The molecule has 1 aromatic heterocycles. The van der Waals surface area contributed by atoms with Gasteiger partial charge in [0.15, 0.2) is 0 Å². The lowest BCUT2D eigenvalue weighted by molar-refractivity contribution is 0.352. The predicted octanol–water partition coefficient (Wildman–Crippen LogP) is 3.18. The first-order valence-corrected chi connectivity index (χ1v) is 7.41. The molecule has 3 rings (SSSR count). The molecule has 0 spiro atoms. The Bertz CT molecular complexity index is 592. The second-order valence-corrected chi connectivity index (χ2v) is 6.02. The van der Waals surface area contributed by atoms with Gasteiger partial charge in [0.05, 0.1) is 0 Å². The highest BCUT2D eigenvalue weighted by Crippen LogP contribution is 2.34. The quantitative estimate of drug-likeness (QED) is 0.908. The maximum absolute atomic E-state index is 13.4. The number of halogens is 2. The zero-order valence-electron chi connectivity index (χ0n) is 11.1. The van der Waals surface area contributed by atoms with Crippen molar-refractivity contribution < 1.29 is 8.91 Å². The third-order valence-corrected chi connectivity index (χ3v) is 4.00. The molecule has 0 radical (unpaired) electrons. The number of nitrogens with zero attached hydrogens (tertiary/aromatic N) is 2. The molecule has 1 aliphatic rings. The summed E-state index contributed by atoms with van der Waals surface area (Å²) in [6, 6.07) is 4.95. The van der Waals surface area contributed by atoms with Gasteiger partial charge in [-0.2, -0.15) is 4.98 Å². The van der Waals surface area contributed by atoms with Crippen molar-refractivity contribution >= 4 is 15.9 Å². The molecule has 0 aliphatic heterocycles. The summed E-state index contributed by atoms with van der Waals surface area (Å²) in [5.41, 5.74) is 0.610. The van der Waals surface area contributed by atoms with Gasteiger partial charge in [0.1, 0.15) is 5.82 Å². The largest absolute Gasteiger partial charge is 0.339 e. The van der Waals surface area contributed by atoms with Crippen LogP contribution in [-0.4, -0.2) is 23.2 Å². The topological polar surface area (TPSA) is 51.0 Å². The Labute approximate surface area is 124 Å². The number of hydrogen-bond acceptors (Lipinski definition) is 4. The summed E-state index contributed by atoms with van der Waals surface area (Å²) in [6.07, 6.45) is 3.22. The standard InChI is InChI=1S/C14H15BrFN3O/c1-17-12(8-2-3-8)7-13-18-14(19-20-13)9-4-10(15)6-11(16)5-9/h4-6,8,12,17H,2-3,7H2,1H3. The van der Waals surface area contributed by atoms with Crippen molar-refractivity contribution in [1.29, 1.82) is 0 Å². The van der Waals surface area contributed by atoms with Gasteiger partial charge in [-0.05, 0) is 44.0 Å². The van der Waals surface area contributed by atoms with E-state index < -0.39 is 0 Å². The highest BCUT2D eigenvalue weighted by molar-refractivity contribution is 9.10. The summed E-state index contributed by atoms with van der Waals surface area (Å²) in [5, 5.41) is 7.22. The molecule has 2 aromatic rings. The molecule has 1 N–H and O–H groups in total. The van der Waals surface area contributed by atoms with Crippen LogP contribution in [-0.2, 0) is 6.42 Å². The maximum Gasteiger partial charge on any atom is 0.228 e. The van der Waals surface area contributed by atoms with E-state index in [-0.39, 0.29) is 5.82 Å². The average Bonchev–Trinajstić information content (AvgIpc) is 3.14. The van der Waals surface area contributed by atoms with Crippen molar-refractivity contribution in [2.24, 2.45) is 5.92 Å². The van der Waals surface area contributed by atoms with Gasteiger partial charge < -0.3 is 9.84 Å². The summed E-state index contributed by atoms with van der Waals surface area (Å²) in [5.74, 6) is 1.39. The molecule has 1 saturated carbocycles. The van der Waals surface area contributed by atoms with Crippen molar-refractivity contribution in [3.05, 3.63) is 34.4 Å². The van der Waals surface area contributed by atoms with Crippen LogP contribution in [0.15, 0.2) is 27.2 Å². The van der Waals surface area contributed by atoms with Gasteiger partial charge in [-0.15, -0.1) is 0 Å². The van der Waals surface area contributed by atoms with Gasteiger partial charge in [0.2, 0.25) is 11.7 Å². The Kier molecular flexibility index (Phi) is 3.85. The normalized spacial score (nSPS) is 16.4. The van der Waals surface area contributed by atoms with Crippen LogP contribution in [0.5, 0.6) is 0 Å². The van der Waals surface area contributed by atoms with Gasteiger partial charge >= 0.3 is 0 Å². The van der Waals surface area contributed by atoms with Crippen molar-refractivity contribution in [2.75, 3.05) is 7.05 Å². The monoisotopic (exact) mass is 339 g/mol. The number of aromatic nitrogens is 2. The van der Waals surface area contributed by atoms with Gasteiger partial charge in [0.25, 0.3) is 0 Å². The van der Waals surface area contributed by atoms with E-state index in [9.17, 15) is 4.39 Å². The molecule has 0 amide bonds. The van der Waals surface area contributed by atoms with E-state index in [0.29, 0.717) is 40.1 Å². The molecule has 6 heteroatoms. The summed E-state index contributed by atoms with van der Waals surface area (Å²) in [6.45, 7) is 0. The highest BCUT2D eigenvalue weighted by atomic mass is 79.9. The minimum atomic E-state index is -0.327. The summed E-state index contributed by atoms with van der Waals surface area (Å²) >= 11 is 3.26. The van der Waals surface area contributed by atoms with Crippen molar-refractivity contribution in [2.45, 2.75) is 25.3 Å². The fourth-order valence-corrected chi connectivity index (χ4v) is 2.79. The number of nitrogens with one attached hydrogen (secondary N) is 1. The van der Waals surface area contributed by atoms with E-state index in [0.717, 1.165) is 0 Å². The summed E-state index contributed by atoms with van der Waals surface area (Å²) < 4.78 is 19.3. The van der Waals surface area contributed by atoms with E-state index in [1.165, 1.54) is 25.0 Å². The lowest BCUT2D eigenvalue weighted by Crippen LogP contribution is -2.29. The molecular formula is C14H15BrFN3O. The number of likely N-dealkylation sites (N-methyl/N-ethyl adjacent to an activating group) is 1. The molecule has 0 bridgehead atoms. The van der Waals surface area contributed by atoms with Crippen LogP contribution in [0.1, 0.15) is 18.7 Å². The van der Waals surface area contributed by atoms with Crippen LogP contribution in [0.2, 0.25) is 0 Å². The number of benzene rings is 1. The Morgan fingerprint density at radius 1 is 1.45 bits per heavy atom. The minimum Gasteiger partial charge on any atom is -0.339 e. The molecule has 1 aromatic carbocycles. The lowest BCUT2D eigenvalue weighted by Gasteiger charge is -2.11. The second-order valence-electron chi connectivity index (χ2n) is 5.11. The molecule has 1 aliphatic carbocycles. The zero-order chi connectivity index (χ0) is 14.1. The van der Waals surface area contributed by atoms with Crippen molar-refractivity contribution in [3.63, 3.8) is 0 Å². The van der Waals surface area contributed by atoms with E-state index in [4.69, 9.17) is 4.52 Å². The van der Waals surface area contributed by atoms with Gasteiger partial charge in [-0.3, -0.25) is 0 Å². The van der Waals surface area contributed by atoms with Gasteiger partial charge in [0, 0.05) is 22.5 Å². The third kappa shape index (κ3) is 3.07. The highest BCUT2D eigenvalue weighted by Gasteiger charge is 2.31.